The van der Waals surface area contributed by atoms with Gasteiger partial charge in [0.05, 0.1) is 7.05 Å². The normalized spacial score (nSPS) is 13.9. The molecule has 0 saturated heterocycles. The molecule has 0 aliphatic heterocycles. The number of hydrogen-bond donors (Lipinski definition) is 2. The molecule has 1 aromatic heterocycles. The van der Waals surface area contributed by atoms with E-state index in [4.69, 9.17) is 0 Å². The number of para-hydroxylation sites is 1. The van der Waals surface area contributed by atoms with Crippen LogP contribution < -0.4 is 4.90 Å². The van der Waals surface area contributed by atoms with Crippen molar-refractivity contribution < 1.29 is 14.5 Å². The highest BCUT2D eigenvalue weighted by Crippen LogP contribution is 2.18. The number of carbonyl (C=O) groups excluding carboxylic acids is 2. The predicted octanol–water partition coefficient (Wildman–Crippen LogP) is 0.342. The Morgan fingerprint density at radius 2 is 1.95 bits per heavy atom. The number of Topliss-reactive ketones (excluding diaryl/α,β-unsaturated/α-hetero) is 1. The van der Waals surface area contributed by atoms with Crippen molar-refractivity contribution in [1.29, 1.82) is 0 Å². The summed E-state index contributed by atoms with van der Waals surface area (Å²) >= 11 is 0. The van der Waals surface area contributed by atoms with Crippen molar-refractivity contribution in [2.75, 3.05) is 27.7 Å². The van der Waals surface area contributed by atoms with E-state index in [1.807, 2.05) is 38.2 Å². The third-order valence-electron chi connectivity index (χ3n) is 3.92. The molecular formula is C16H22N3O2+. The van der Waals surface area contributed by atoms with Gasteiger partial charge in [0.1, 0.15) is 6.04 Å². The van der Waals surface area contributed by atoms with Crippen LogP contribution in [0.4, 0.5) is 0 Å². The number of likely N-dealkylation sites (N-methyl/N-ethyl adjacent to an activating group) is 2. The van der Waals surface area contributed by atoms with Crippen LogP contribution in [-0.4, -0.2) is 55.3 Å². The van der Waals surface area contributed by atoms with Crippen LogP contribution >= 0.6 is 0 Å². The van der Waals surface area contributed by atoms with Crippen molar-refractivity contribution in [3.63, 3.8) is 0 Å². The molecule has 1 unspecified atom stereocenters. The first-order chi connectivity index (χ1) is 9.91. The minimum Gasteiger partial charge on any atom is -0.360 e. The molecule has 0 saturated carbocycles. The van der Waals surface area contributed by atoms with E-state index in [-0.39, 0.29) is 17.7 Å². The van der Waals surface area contributed by atoms with Gasteiger partial charge in [-0.15, -0.1) is 0 Å². The number of nitrogens with one attached hydrogen (secondary N) is 2. The summed E-state index contributed by atoms with van der Waals surface area (Å²) in [6, 6.07) is 7.47. The highest BCUT2D eigenvalue weighted by Gasteiger charge is 2.27. The minimum atomic E-state index is -0.270. The molecule has 0 radical (unpaired) electrons. The highest BCUT2D eigenvalue weighted by molar-refractivity contribution is 6.09. The Bertz CT molecular complexity index is 660. The highest BCUT2D eigenvalue weighted by atomic mass is 16.2. The first-order valence-electron chi connectivity index (χ1n) is 7.04. The van der Waals surface area contributed by atoms with E-state index in [9.17, 15) is 9.59 Å². The molecule has 1 heterocycles. The fourth-order valence-electron chi connectivity index (χ4n) is 2.28. The van der Waals surface area contributed by atoms with Gasteiger partial charge in [-0.25, -0.2) is 0 Å². The van der Waals surface area contributed by atoms with E-state index in [2.05, 4.69) is 4.98 Å². The summed E-state index contributed by atoms with van der Waals surface area (Å²) in [4.78, 5) is 30.0. The number of benzene rings is 1. The molecule has 5 heteroatoms. The van der Waals surface area contributed by atoms with Crippen LogP contribution in [0.15, 0.2) is 30.5 Å². The maximum absolute atomic E-state index is 12.6. The molecule has 2 rings (SSSR count). The molecule has 21 heavy (non-hydrogen) atoms. The number of aromatic nitrogens is 1. The molecule has 112 valence electrons. The van der Waals surface area contributed by atoms with E-state index in [0.717, 1.165) is 15.8 Å². The molecule has 2 N–H and O–H groups in total. The Labute approximate surface area is 124 Å². The van der Waals surface area contributed by atoms with Gasteiger partial charge in [-0.1, -0.05) is 18.2 Å². The van der Waals surface area contributed by atoms with Gasteiger partial charge in [0.25, 0.3) is 5.91 Å². The van der Waals surface area contributed by atoms with Gasteiger partial charge < -0.3 is 14.8 Å². The number of quaternary nitrogens is 1. The van der Waals surface area contributed by atoms with E-state index in [0.29, 0.717) is 12.1 Å². The third-order valence-corrected chi connectivity index (χ3v) is 3.92. The lowest BCUT2D eigenvalue weighted by Gasteiger charge is -2.21. The monoisotopic (exact) mass is 288 g/mol. The first kappa shape index (κ1) is 15.3. The second-order valence-electron chi connectivity index (χ2n) is 5.65. The van der Waals surface area contributed by atoms with Gasteiger partial charge >= 0.3 is 0 Å². The Morgan fingerprint density at radius 1 is 1.29 bits per heavy atom. The third kappa shape index (κ3) is 3.13. The summed E-state index contributed by atoms with van der Waals surface area (Å²) < 4.78 is 0. The number of nitrogens with zero attached hydrogens (tertiary/aromatic N) is 1. The van der Waals surface area contributed by atoms with E-state index in [1.165, 1.54) is 0 Å². The topological polar surface area (TPSA) is 57.6 Å². The van der Waals surface area contributed by atoms with E-state index >= 15 is 0 Å². The van der Waals surface area contributed by atoms with Crippen LogP contribution in [0.1, 0.15) is 17.3 Å². The lowest BCUT2D eigenvalue weighted by Crippen LogP contribution is -3.14. The molecule has 0 aliphatic rings. The smallest absolute Gasteiger partial charge is 0.277 e. The molecular weight excluding hydrogens is 266 g/mol. The summed E-state index contributed by atoms with van der Waals surface area (Å²) in [5.74, 6) is 0.0718. The van der Waals surface area contributed by atoms with Crippen molar-refractivity contribution >= 4 is 22.6 Å². The van der Waals surface area contributed by atoms with Crippen molar-refractivity contribution in [2.45, 2.75) is 13.0 Å². The predicted molar refractivity (Wildman–Crippen MR) is 82.5 cm³/mol. The SMILES string of the molecule is C[C@@H](C(=O)c1c[nH]c2ccccc12)[NH+](C)CC(=O)N(C)C. The van der Waals surface area contributed by atoms with Crippen LogP contribution in [0.5, 0.6) is 0 Å². The maximum Gasteiger partial charge on any atom is 0.277 e. The summed E-state index contributed by atoms with van der Waals surface area (Å²) in [7, 11) is 5.32. The van der Waals surface area contributed by atoms with Crippen molar-refractivity contribution in [3.8, 4) is 0 Å². The number of carbonyl (C=O) groups is 2. The lowest BCUT2D eigenvalue weighted by molar-refractivity contribution is -0.885. The molecule has 0 spiro atoms. The summed E-state index contributed by atoms with van der Waals surface area (Å²) in [5.41, 5.74) is 1.64. The second-order valence-corrected chi connectivity index (χ2v) is 5.65. The minimum absolute atomic E-state index is 0.0195. The maximum atomic E-state index is 12.6. The number of ketones is 1. The van der Waals surface area contributed by atoms with Gasteiger partial charge in [-0.05, 0) is 13.0 Å². The van der Waals surface area contributed by atoms with E-state index in [1.54, 1.807) is 25.2 Å². The molecule has 0 aliphatic carbocycles. The van der Waals surface area contributed by atoms with Gasteiger partial charge in [0, 0.05) is 36.8 Å². The number of hydrogen-bond acceptors (Lipinski definition) is 2. The lowest BCUT2D eigenvalue weighted by atomic mass is 10.0. The molecule has 0 fully saturated rings. The van der Waals surface area contributed by atoms with Crippen molar-refractivity contribution in [1.82, 2.24) is 9.88 Å². The Morgan fingerprint density at radius 3 is 2.62 bits per heavy atom. The van der Waals surface area contributed by atoms with Crippen LogP contribution in [0, 0.1) is 0 Å². The average Bonchev–Trinajstić information content (AvgIpc) is 2.89. The Kier molecular flexibility index (Phi) is 4.43. The molecule has 2 aromatic rings. The number of aromatic amines is 1. The summed E-state index contributed by atoms with van der Waals surface area (Å²) in [5, 5.41) is 0.932. The molecule has 0 bridgehead atoms. The fourth-order valence-corrected chi connectivity index (χ4v) is 2.28. The van der Waals surface area contributed by atoms with Crippen LogP contribution in [0.2, 0.25) is 0 Å². The standard InChI is InChI=1S/C16H21N3O2/c1-11(19(4)10-15(20)18(2)3)16(21)13-9-17-14-8-6-5-7-12(13)14/h5-9,11,17H,10H2,1-4H3/p+1/t11-/m0/s1. The fraction of sp³-hybridized carbons (Fsp3) is 0.375. The number of rotatable bonds is 5. The zero-order valence-corrected chi connectivity index (χ0v) is 12.9. The zero-order chi connectivity index (χ0) is 15.6. The molecule has 2 atom stereocenters. The zero-order valence-electron chi connectivity index (χ0n) is 12.9. The van der Waals surface area contributed by atoms with Crippen LogP contribution in [0.25, 0.3) is 10.9 Å². The molecule has 1 amide bonds. The Balaban J connectivity index is 2.17. The average molecular weight is 288 g/mol. The number of amides is 1. The number of H-pyrrole nitrogens is 1. The van der Waals surface area contributed by atoms with Gasteiger partial charge in [0.15, 0.2) is 6.54 Å². The van der Waals surface area contributed by atoms with E-state index < -0.39 is 0 Å². The summed E-state index contributed by atoms with van der Waals surface area (Å²) in [6.07, 6.45) is 1.75. The van der Waals surface area contributed by atoms with Crippen LogP contribution in [0.3, 0.4) is 0 Å². The quantitative estimate of drug-likeness (QED) is 0.780. The second kappa shape index (κ2) is 6.10. The Hall–Kier alpha value is -2.14. The van der Waals surface area contributed by atoms with Crippen LogP contribution in [-0.2, 0) is 4.79 Å². The van der Waals surface area contributed by atoms with Gasteiger partial charge in [0.2, 0.25) is 5.78 Å². The van der Waals surface area contributed by atoms with Crippen molar-refractivity contribution in [2.24, 2.45) is 0 Å². The number of fused-ring (bicyclic) bond motifs is 1. The first-order valence-corrected chi connectivity index (χ1v) is 7.04. The largest absolute Gasteiger partial charge is 0.360 e. The molecule has 5 nitrogen and oxygen atoms in total. The van der Waals surface area contributed by atoms with Gasteiger partial charge in [-0.3, -0.25) is 9.59 Å². The summed E-state index contributed by atoms with van der Waals surface area (Å²) in [6.45, 7) is 2.17. The van der Waals surface area contributed by atoms with Gasteiger partial charge in [-0.2, -0.15) is 0 Å². The van der Waals surface area contributed by atoms with Crippen molar-refractivity contribution in [3.05, 3.63) is 36.0 Å². The molecule has 1 aromatic carbocycles.